The summed E-state index contributed by atoms with van der Waals surface area (Å²) in [6.07, 6.45) is 2.14. The van der Waals surface area contributed by atoms with E-state index in [0.29, 0.717) is 62.3 Å². The van der Waals surface area contributed by atoms with Crippen LogP contribution in [0.5, 0.6) is 0 Å². The van der Waals surface area contributed by atoms with Crippen molar-refractivity contribution in [3.05, 3.63) is 73.7 Å². The van der Waals surface area contributed by atoms with Gasteiger partial charge in [0.25, 0.3) is 11.5 Å². The van der Waals surface area contributed by atoms with Crippen molar-refractivity contribution in [1.29, 1.82) is 0 Å². The van der Waals surface area contributed by atoms with Crippen molar-refractivity contribution in [1.82, 2.24) is 45.8 Å². The topological polar surface area (TPSA) is 543 Å². The number of aromatic amines is 1. The first kappa shape index (κ1) is 89.5. The second kappa shape index (κ2) is 43.7. The molecule has 37 heteroatoms. The molecule has 3 amide bonds. The first-order valence-electron chi connectivity index (χ1n) is 35.6. The van der Waals surface area contributed by atoms with Crippen molar-refractivity contribution < 1.29 is 92.5 Å². The average molecular weight is 1570 g/mol. The van der Waals surface area contributed by atoms with Crippen molar-refractivity contribution in [3.8, 4) is 0 Å². The van der Waals surface area contributed by atoms with Gasteiger partial charge in [-0.1, -0.05) is 76.5 Å². The van der Waals surface area contributed by atoms with Gasteiger partial charge in [0.15, 0.2) is 22.9 Å². The Kier molecular flexibility index (Phi) is 36.2. The molecule has 0 bridgehead atoms. The summed E-state index contributed by atoms with van der Waals surface area (Å²) in [5.74, 6) is -9.36. The highest BCUT2D eigenvalue weighted by molar-refractivity contribution is 8.76. The number of aliphatic imine (C=N–C) groups is 1. The number of carbonyl (C=O) groups excluding carboxylic acids is 8. The Morgan fingerprint density at radius 2 is 1.56 bits per heavy atom. The van der Waals surface area contributed by atoms with Crippen LogP contribution in [-0.4, -0.2) is 213 Å². The molecule has 1 aromatic carbocycles. The second-order valence-corrected chi connectivity index (χ2v) is 30.9. The number of carbonyl (C=O) groups is 11. The number of cyclic esters (lactones) is 1. The first-order chi connectivity index (χ1) is 51.0. The summed E-state index contributed by atoms with van der Waals surface area (Å²) < 4.78 is 16.6. The van der Waals surface area contributed by atoms with Gasteiger partial charge >= 0.3 is 30.0 Å². The van der Waals surface area contributed by atoms with E-state index in [1.807, 2.05) is 32.2 Å². The number of rotatable bonds is 36. The lowest BCUT2D eigenvalue weighted by Gasteiger charge is -2.34. The number of nitrogens with one attached hydrogen (secondary N) is 5. The van der Waals surface area contributed by atoms with Crippen LogP contribution in [0.4, 0.5) is 16.4 Å². The van der Waals surface area contributed by atoms with E-state index in [2.05, 4.69) is 56.1 Å². The standard InChI is InChI=1S/C39H59N3O13S3.C32H43N11O7/c1-21-9-8-10-28-29(42(28)11-12-53-38(52)54-13-14-57-58-20-27(37(50)51)41-36(49)23(3)16-32(44)45)17-30(22(2)15-26-19-56-25(5)40-26)55-33(46)18-31(43)39(6,7)35(48)24(4)34(21)47;1-3-17(27(46)40-22(24(45)4-2)6-5-13-36-31(33)34)14-21(44)11-12-23(30(49)50)41-28(47)18-7-9-19(10-8-18)37-15-20-16-38-26-25(39-20)29(48)43-32(35)42-26/h15,19,21,23-24,27-31,34,43,47H,8-14,16-18,20H2,1-7H3,(H,41,49)(H,44,45)(H,50,51);7-10,16-17,22-23,37H,3-6,11-15H2,1-2H3,(H,40,46)(H,41,47)(H,49,50)(H4,33,34,36)(H3,35,38,42,43,48)/b22-15+;/t21-,23-,24+,27?,28+,29-,30-,31-,34-,42?;17-,22+,23+/m01/s1. The number of esters is 1. The fourth-order valence-electron chi connectivity index (χ4n) is 11.9. The maximum Gasteiger partial charge on any atom is 0.508 e. The summed E-state index contributed by atoms with van der Waals surface area (Å²) in [4.78, 5) is 174. The number of anilines is 2. The van der Waals surface area contributed by atoms with Gasteiger partial charge in [0.05, 0.1) is 65.6 Å². The number of ketones is 3. The minimum atomic E-state index is -1.35. The van der Waals surface area contributed by atoms with Crippen molar-refractivity contribution in [2.24, 2.45) is 45.5 Å². The van der Waals surface area contributed by atoms with E-state index < -0.39 is 126 Å². The second-order valence-electron chi connectivity index (χ2n) is 27.2. The van der Waals surface area contributed by atoms with E-state index in [1.165, 1.54) is 47.4 Å². The Morgan fingerprint density at radius 3 is 2.20 bits per heavy atom. The Hall–Kier alpha value is -9.17. The zero-order chi connectivity index (χ0) is 80.1. The van der Waals surface area contributed by atoms with Gasteiger partial charge in [0.2, 0.25) is 17.8 Å². The molecule has 34 nitrogen and oxygen atoms in total. The molecule has 0 spiro atoms. The van der Waals surface area contributed by atoms with Crippen LogP contribution in [-0.2, 0) is 63.9 Å². The maximum atomic E-state index is 13.5. The van der Waals surface area contributed by atoms with Gasteiger partial charge in [-0.3, -0.25) is 58.0 Å². The summed E-state index contributed by atoms with van der Waals surface area (Å²) in [7, 11) is 2.39. The molecule has 0 saturated carbocycles. The third-order valence-corrected chi connectivity index (χ3v) is 21.7. The molecule has 108 heavy (non-hydrogen) atoms. The van der Waals surface area contributed by atoms with E-state index in [9.17, 15) is 78.0 Å². The summed E-state index contributed by atoms with van der Waals surface area (Å²) in [6, 6.07) is 2.93. The van der Waals surface area contributed by atoms with Gasteiger partial charge in [0, 0.05) is 96.7 Å². The van der Waals surface area contributed by atoms with Crippen LogP contribution in [0.15, 0.2) is 51.2 Å². The van der Waals surface area contributed by atoms with Gasteiger partial charge in [-0.05, 0) is 94.2 Å². The number of aliphatic hydroxyl groups is 2. The van der Waals surface area contributed by atoms with Gasteiger partial charge in [-0.25, -0.2) is 29.3 Å². The lowest BCUT2D eigenvalue weighted by Crippen LogP contribution is -2.45. The predicted octanol–water partition coefficient (Wildman–Crippen LogP) is 4.96. The number of carboxylic acids is 3. The number of hydrogen-bond acceptors (Lipinski definition) is 28. The minimum Gasteiger partial charge on any atom is -0.481 e. The molecule has 0 radical (unpaired) electrons. The Balaban J connectivity index is 0.000000391. The SMILES string of the molecule is C/C(=C\c1csc(C)n1)[C@@H]1C[C@H]2[C@@H](CCC[C@H](C)[C@H](O)[C@@H](C)C(=O)C(C)(C)[C@@H](O)CC(=O)O1)N2CCOC(=O)OCCSSCC(NC(=O)[C@@H](C)CC(=O)O)C(=O)O.CCC(=O)[C@H](CCCN=C(N)N)NC(=O)[C@H](CC)CC(=O)CC[C@H](NC(=O)c1ccc(NCc2cnc3nc(N)[nH]c(=O)c3n2)cc1)C(=O)O. The molecule has 4 aromatic rings. The van der Waals surface area contributed by atoms with Gasteiger partial charge in [0.1, 0.15) is 43.0 Å². The van der Waals surface area contributed by atoms with Gasteiger partial charge in [-0.2, -0.15) is 4.98 Å². The van der Waals surface area contributed by atoms with Crippen LogP contribution >= 0.6 is 32.9 Å². The third-order valence-electron chi connectivity index (χ3n) is 18.5. The molecule has 6 rings (SSSR count). The summed E-state index contributed by atoms with van der Waals surface area (Å²) in [6.45, 7) is 16.2. The number of H-pyrrole nitrogens is 1. The number of amides is 3. The first-order valence-corrected chi connectivity index (χ1v) is 38.9. The van der Waals surface area contributed by atoms with Crippen LogP contribution in [0.2, 0.25) is 0 Å². The summed E-state index contributed by atoms with van der Waals surface area (Å²) in [5.41, 5.74) is 17.3. The number of nitrogens with two attached hydrogens (primary N) is 3. The van der Waals surface area contributed by atoms with Crippen molar-refractivity contribution in [3.63, 3.8) is 0 Å². The number of aliphatic hydroxyl groups excluding tert-OH is 2. The number of aryl methyl sites for hydroxylation is 1. The number of aromatic nitrogens is 5. The van der Waals surface area contributed by atoms with E-state index in [4.69, 9.17) is 36.5 Å². The number of Topliss-reactive ketones (excluding diaryl/α,β-unsaturated/α-hetero) is 3. The number of guanidine groups is 1. The highest BCUT2D eigenvalue weighted by Gasteiger charge is 2.49. The fraction of sp³-hybridized carbons (Fsp3) is 0.592. The monoisotopic (exact) mass is 1570 g/mol. The van der Waals surface area contributed by atoms with Gasteiger partial charge in [-0.15, -0.1) is 11.3 Å². The molecule has 13 atom stereocenters. The van der Waals surface area contributed by atoms with E-state index >= 15 is 0 Å². The molecule has 2 aliphatic rings. The number of fused-ring (bicyclic) bond motifs is 2. The summed E-state index contributed by atoms with van der Waals surface area (Å²) >= 11 is 1.50. The zero-order valence-corrected chi connectivity index (χ0v) is 64.6. The number of carboxylic acid groups (broad SMARTS) is 3. The molecular formula is C71H102N14O20S3. The molecule has 594 valence electrons. The van der Waals surface area contributed by atoms with Crippen LogP contribution < -0.4 is 44.0 Å². The van der Waals surface area contributed by atoms with Crippen molar-refractivity contribution in [2.45, 2.75) is 201 Å². The van der Waals surface area contributed by atoms with E-state index in [1.54, 1.807) is 46.8 Å². The molecule has 2 fully saturated rings. The molecule has 5 heterocycles. The molecule has 2 unspecified atom stereocenters. The number of ether oxygens (including phenoxy) is 3. The highest BCUT2D eigenvalue weighted by atomic mass is 33.1. The van der Waals surface area contributed by atoms with Crippen LogP contribution in [0.1, 0.15) is 166 Å². The van der Waals surface area contributed by atoms with Crippen LogP contribution in [0, 0.1) is 36.0 Å². The predicted molar refractivity (Wildman–Crippen MR) is 405 cm³/mol. The van der Waals surface area contributed by atoms with Crippen molar-refractivity contribution in [2.75, 3.05) is 48.9 Å². The number of hydrogen-bond donors (Lipinski definition) is 13. The largest absolute Gasteiger partial charge is 0.508 e. The quantitative estimate of drug-likeness (QED) is 0.00714. The Labute approximate surface area is 636 Å². The molecule has 16 N–H and O–H groups in total. The molecule has 0 aliphatic carbocycles. The summed E-state index contributed by atoms with van der Waals surface area (Å²) in [5, 5.41) is 63.7. The highest BCUT2D eigenvalue weighted by Crippen LogP contribution is 2.39. The molecular weight excluding hydrogens is 1470 g/mol. The smallest absolute Gasteiger partial charge is 0.481 e. The van der Waals surface area contributed by atoms with Crippen LogP contribution in [0.25, 0.3) is 17.2 Å². The lowest BCUT2D eigenvalue weighted by atomic mass is 9.73. The number of thiazole rings is 1. The number of benzene rings is 1. The van der Waals surface area contributed by atoms with Gasteiger partial charge < -0.3 is 78.2 Å². The lowest BCUT2D eigenvalue weighted by molar-refractivity contribution is -0.154. The Bertz CT molecular complexity index is 3890. The molecule has 3 aromatic heterocycles. The number of nitrogens with zero attached hydrogens (tertiary/aromatic N) is 6. The third kappa shape index (κ3) is 29.1. The van der Waals surface area contributed by atoms with E-state index in [-0.39, 0.29) is 115 Å². The minimum absolute atomic E-state index is 0.00643. The Morgan fingerprint density at radius 1 is 0.880 bits per heavy atom. The van der Waals surface area contributed by atoms with E-state index in [0.717, 1.165) is 39.9 Å². The molecule has 2 saturated heterocycles. The molecule has 2 aliphatic heterocycles. The van der Waals surface area contributed by atoms with Crippen molar-refractivity contribution >= 4 is 133 Å². The normalized spacial score (nSPS) is 20.9. The number of aliphatic carboxylic acids is 3. The maximum absolute atomic E-state index is 13.5. The zero-order valence-electron chi connectivity index (χ0n) is 62.1. The fourth-order valence-corrected chi connectivity index (χ4v) is 14.5. The van der Waals surface area contributed by atoms with Crippen LogP contribution in [0.3, 0.4) is 0 Å². The average Bonchev–Trinajstić information content (AvgIpc) is 1.60. The number of nitrogen functional groups attached to an aromatic ring is 1.